The van der Waals surface area contributed by atoms with Crippen LogP contribution in [0.4, 0.5) is 14.5 Å². The summed E-state index contributed by atoms with van der Waals surface area (Å²) in [6.07, 6.45) is 1.99. The van der Waals surface area contributed by atoms with Crippen LogP contribution in [0.15, 0.2) is 36.5 Å². The molecule has 0 fully saturated rings. The van der Waals surface area contributed by atoms with Crippen LogP contribution in [-0.4, -0.2) is 25.6 Å². The van der Waals surface area contributed by atoms with Crippen LogP contribution >= 0.6 is 0 Å². The Bertz CT molecular complexity index is 872. The lowest BCUT2D eigenvalue weighted by Gasteiger charge is -2.18. The Kier molecular flexibility index (Phi) is 5.13. The van der Waals surface area contributed by atoms with E-state index < -0.39 is 39.3 Å². The molecule has 0 bridgehead atoms. The largest absolute Gasteiger partial charge is 0.345 e. The molecule has 1 atom stereocenters. The highest BCUT2D eigenvalue weighted by molar-refractivity contribution is 7.92. The van der Waals surface area contributed by atoms with Crippen molar-refractivity contribution in [1.29, 1.82) is 0 Å². The van der Waals surface area contributed by atoms with Crippen molar-refractivity contribution in [2.75, 3.05) is 11.0 Å². The fraction of sp³-hybridized carbons (Fsp3) is 0.200. The van der Waals surface area contributed by atoms with Gasteiger partial charge in [-0.05, 0) is 24.6 Å². The summed E-state index contributed by atoms with van der Waals surface area (Å²) >= 11 is 0. The van der Waals surface area contributed by atoms with E-state index in [0.717, 1.165) is 18.5 Å². The van der Waals surface area contributed by atoms with Gasteiger partial charge in [0.05, 0.1) is 23.5 Å². The van der Waals surface area contributed by atoms with E-state index in [4.69, 9.17) is 0 Å². The maximum Gasteiger partial charge on any atom is 0.254 e. The predicted octanol–water partition coefficient (Wildman–Crippen LogP) is 2.22. The van der Waals surface area contributed by atoms with Crippen LogP contribution in [0.1, 0.15) is 28.9 Å². The molecule has 1 heterocycles. The van der Waals surface area contributed by atoms with Crippen molar-refractivity contribution in [2.24, 2.45) is 0 Å². The zero-order valence-electron chi connectivity index (χ0n) is 12.9. The fourth-order valence-corrected chi connectivity index (χ4v) is 2.70. The number of aromatic nitrogens is 1. The van der Waals surface area contributed by atoms with Gasteiger partial charge < -0.3 is 5.32 Å². The number of anilines is 1. The van der Waals surface area contributed by atoms with Crippen molar-refractivity contribution in [1.82, 2.24) is 10.3 Å². The molecule has 0 aliphatic rings. The van der Waals surface area contributed by atoms with Crippen LogP contribution in [0.3, 0.4) is 0 Å². The molecule has 1 aromatic heterocycles. The minimum Gasteiger partial charge on any atom is -0.345 e. The quantitative estimate of drug-likeness (QED) is 0.805. The van der Waals surface area contributed by atoms with E-state index in [1.807, 2.05) is 0 Å². The minimum absolute atomic E-state index is 0.286. The molecule has 2 rings (SSSR count). The fourth-order valence-electron chi connectivity index (χ4n) is 2.11. The van der Waals surface area contributed by atoms with Crippen LogP contribution in [0, 0.1) is 11.8 Å². The Morgan fingerprint density at radius 2 is 1.88 bits per heavy atom. The topological polar surface area (TPSA) is 88.2 Å². The van der Waals surface area contributed by atoms with Gasteiger partial charge in [-0.1, -0.05) is 18.2 Å². The van der Waals surface area contributed by atoms with Gasteiger partial charge in [0, 0.05) is 6.20 Å². The highest BCUT2D eigenvalue weighted by atomic mass is 32.2. The summed E-state index contributed by atoms with van der Waals surface area (Å²) in [7, 11) is -3.51. The number of benzene rings is 1. The predicted molar refractivity (Wildman–Crippen MR) is 84.9 cm³/mol. The van der Waals surface area contributed by atoms with Gasteiger partial charge in [0.15, 0.2) is 5.82 Å². The monoisotopic (exact) mass is 355 g/mol. The first-order valence-electron chi connectivity index (χ1n) is 6.86. The summed E-state index contributed by atoms with van der Waals surface area (Å²) in [5, 5.41) is 2.50. The molecule has 0 aliphatic carbocycles. The van der Waals surface area contributed by atoms with E-state index in [1.165, 1.54) is 6.07 Å². The van der Waals surface area contributed by atoms with Gasteiger partial charge in [-0.25, -0.2) is 17.8 Å². The molecule has 0 unspecified atom stereocenters. The number of rotatable bonds is 5. The van der Waals surface area contributed by atoms with Crippen LogP contribution < -0.4 is 10.0 Å². The van der Waals surface area contributed by atoms with E-state index in [9.17, 15) is 22.0 Å². The highest BCUT2D eigenvalue weighted by Crippen LogP contribution is 2.24. The Morgan fingerprint density at radius 3 is 2.54 bits per heavy atom. The number of para-hydroxylation sites is 1. The SMILES string of the molecule is C[C@H](NC(=O)c1ccnc(F)c1F)c1ccccc1NS(C)(=O)=O. The van der Waals surface area contributed by atoms with Crippen molar-refractivity contribution in [3.8, 4) is 0 Å². The molecule has 6 nitrogen and oxygen atoms in total. The average molecular weight is 355 g/mol. The van der Waals surface area contributed by atoms with Gasteiger partial charge in [0.2, 0.25) is 16.0 Å². The maximum absolute atomic E-state index is 13.6. The summed E-state index contributed by atoms with van der Waals surface area (Å²) in [5.41, 5.74) is 0.281. The van der Waals surface area contributed by atoms with Crippen molar-refractivity contribution in [3.63, 3.8) is 0 Å². The van der Waals surface area contributed by atoms with E-state index in [0.29, 0.717) is 5.56 Å². The van der Waals surface area contributed by atoms with Crippen molar-refractivity contribution >= 4 is 21.6 Å². The van der Waals surface area contributed by atoms with Crippen molar-refractivity contribution in [3.05, 3.63) is 59.4 Å². The third kappa shape index (κ3) is 4.25. The number of sulfonamides is 1. The second-order valence-electron chi connectivity index (χ2n) is 5.12. The maximum atomic E-state index is 13.6. The second kappa shape index (κ2) is 6.91. The smallest absolute Gasteiger partial charge is 0.254 e. The first-order chi connectivity index (χ1) is 11.2. The number of nitrogens with one attached hydrogen (secondary N) is 2. The number of pyridine rings is 1. The van der Waals surface area contributed by atoms with E-state index >= 15 is 0 Å². The first kappa shape index (κ1) is 17.8. The number of hydrogen-bond donors (Lipinski definition) is 2. The first-order valence-corrected chi connectivity index (χ1v) is 8.76. The number of halogens is 2. The van der Waals surface area contributed by atoms with Crippen LogP contribution in [-0.2, 0) is 10.0 Å². The standard InChI is InChI=1S/C15H15F2N3O3S/c1-9(10-5-3-4-6-12(10)20-24(2,22)23)19-15(21)11-7-8-18-14(17)13(11)16/h3-9,20H,1-2H3,(H,19,21)/t9-/m0/s1. The lowest BCUT2D eigenvalue weighted by atomic mass is 10.1. The minimum atomic E-state index is -3.51. The lowest BCUT2D eigenvalue weighted by molar-refractivity contribution is 0.0934. The highest BCUT2D eigenvalue weighted by Gasteiger charge is 2.20. The van der Waals surface area contributed by atoms with Gasteiger partial charge in [0.25, 0.3) is 5.91 Å². The third-order valence-electron chi connectivity index (χ3n) is 3.16. The molecule has 1 amide bonds. The Balaban J connectivity index is 2.25. The lowest BCUT2D eigenvalue weighted by Crippen LogP contribution is -2.28. The molecule has 0 saturated carbocycles. The molecule has 0 saturated heterocycles. The summed E-state index contributed by atoms with van der Waals surface area (Å²) in [6.45, 7) is 1.59. The zero-order valence-corrected chi connectivity index (χ0v) is 13.7. The van der Waals surface area contributed by atoms with Crippen molar-refractivity contribution in [2.45, 2.75) is 13.0 Å². The van der Waals surface area contributed by atoms with Crippen LogP contribution in [0.5, 0.6) is 0 Å². The number of hydrogen-bond acceptors (Lipinski definition) is 4. The van der Waals surface area contributed by atoms with Gasteiger partial charge in [0.1, 0.15) is 0 Å². The summed E-state index contributed by atoms with van der Waals surface area (Å²) in [5.74, 6) is -3.55. The van der Waals surface area contributed by atoms with Gasteiger partial charge >= 0.3 is 0 Å². The van der Waals surface area contributed by atoms with Crippen molar-refractivity contribution < 1.29 is 22.0 Å². The zero-order chi connectivity index (χ0) is 17.9. The molecule has 128 valence electrons. The summed E-state index contributed by atoms with van der Waals surface area (Å²) in [4.78, 5) is 15.2. The summed E-state index contributed by atoms with van der Waals surface area (Å²) in [6, 6.07) is 6.84. The molecular weight excluding hydrogens is 340 g/mol. The van der Waals surface area contributed by atoms with Crippen LogP contribution in [0.25, 0.3) is 0 Å². The van der Waals surface area contributed by atoms with E-state index in [1.54, 1.807) is 25.1 Å². The molecule has 0 radical (unpaired) electrons. The summed E-state index contributed by atoms with van der Waals surface area (Å²) < 4.78 is 51.9. The Hall–Kier alpha value is -2.55. The van der Waals surface area contributed by atoms with Gasteiger partial charge in [-0.15, -0.1) is 0 Å². The molecule has 9 heteroatoms. The van der Waals surface area contributed by atoms with Gasteiger partial charge in [-0.2, -0.15) is 4.39 Å². The van der Waals surface area contributed by atoms with E-state index in [2.05, 4.69) is 15.0 Å². The second-order valence-corrected chi connectivity index (χ2v) is 6.87. The number of carbonyl (C=O) groups is 1. The third-order valence-corrected chi connectivity index (χ3v) is 3.75. The molecule has 24 heavy (non-hydrogen) atoms. The Labute approximate surface area is 138 Å². The molecule has 1 aromatic carbocycles. The van der Waals surface area contributed by atoms with E-state index in [-0.39, 0.29) is 5.69 Å². The number of carbonyl (C=O) groups excluding carboxylic acids is 1. The molecule has 0 spiro atoms. The number of nitrogens with zero attached hydrogens (tertiary/aromatic N) is 1. The molecule has 2 aromatic rings. The molecule has 2 N–H and O–H groups in total. The number of amides is 1. The molecule has 0 aliphatic heterocycles. The normalized spacial score (nSPS) is 12.5. The Morgan fingerprint density at radius 1 is 1.21 bits per heavy atom. The van der Waals surface area contributed by atoms with Crippen LogP contribution in [0.2, 0.25) is 0 Å². The van der Waals surface area contributed by atoms with Gasteiger partial charge in [-0.3, -0.25) is 9.52 Å². The molecular formula is C15H15F2N3O3S. The average Bonchev–Trinajstić information content (AvgIpc) is 2.48.